The van der Waals surface area contributed by atoms with Gasteiger partial charge >= 0.3 is 11.9 Å². The van der Waals surface area contributed by atoms with Crippen LogP contribution in [0.5, 0.6) is 0 Å². The molecule has 0 rings (SSSR count). The average molecular weight is 267 g/mol. The maximum Gasteiger partial charge on any atom is 0.414 e. The molecule has 0 atom stereocenters. The molecule has 0 spiro atoms. The van der Waals surface area contributed by atoms with E-state index in [-0.39, 0.29) is 0 Å². The van der Waals surface area contributed by atoms with Gasteiger partial charge in [-0.2, -0.15) is 0 Å². The zero-order valence-corrected chi connectivity index (χ0v) is 11.2. The third-order valence-corrected chi connectivity index (χ3v) is 2.88. The second-order valence-corrected chi connectivity index (χ2v) is 4.38. The van der Waals surface area contributed by atoms with Gasteiger partial charge in [0.05, 0.1) is 0 Å². The molecule has 0 fully saturated rings. The number of carboxylic acids is 2. The van der Waals surface area contributed by atoms with Gasteiger partial charge in [0.25, 0.3) is 0 Å². The molecule has 0 saturated carbocycles. The minimum atomic E-state index is -1.82. The lowest BCUT2D eigenvalue weighted by molar-refractivity contribution is -0.159. The second kappa shape index (κ2) is 10.7. The molecule has 5 nitrogen and oxygen atoms in total. The predicted octanol–water partition coefficient (Wildman–Crippen LogP) is 1.52. The Balaban J connectivity index is 0. The third kappa shape index (κ3) is 9.72. The largest absolute Gasteiger partial charge is 0.473 e. The monoisotopic (exact) mass is 267 g/mol. The van der Waals surface area contributed by atoms with Crippen molar-refractivity contribution in [3.05, 3.63) is 0 Å². The summed E-state index contributed by atoms with van der Waals surface area (Å²) in [4.78, 5) is 20.4. The Bertz CT molecular complexity index is 230. The van der Waals surface area contributed by atoms with Crippen LogP contribution in [0.25, 0.3) is 0 Å². The van der Waals surface area contributed by atoms with Crippen molar-refractivity contribution in [2.24, 2.45) is 0 Å². The number of hydrogen-bond donors (Lipinski definition) is 2. The molecule has 0 radical (unpaired) electrons. The molecule has 0 aromatic carbocycles. The van der Waals surface area contributed by atoms with Crippen LogP contribution in [-0.4, -0.2) is 50.2 Å². The van der Waals surface area contributed by atoms with Crippen LogP contribution >= 0.6 is 24.0 Å². The van der Waals surface area contributed by atoms with Crippen molar-refractivity contribution in [2.75, 3.05) is 18.8 Å². The lowest BCUT2D eigenvalue weighted by Gasteiger charge is -2.20. The molecule has 0 aromatic rings. The standard InChI is InChI=1S/C7H15NS2.C2H2O4/c1-4-8(5-2)7(9)10-6-3;3-1(4)2(5)6/h4-6H2,1-3H3;(H,3,4)(H,5,6). The van der Waals surface area contributed by atoms with E-state index in [9.17, 15) is 0 Å². The number of hydrogen-bond acceptors (Lipinski definition) is 4. The van der Waals surface area contributed by atoms with Crippen molar-refractivity contribution < 1.29 is 19.8 Å². The Labute approximate surface area is 105 Å². The molecule has 0 aliphatic rings. The summed E-state index contributed by atoms with van der Waals surface area (Å²) in [6, 6.07) is 0. The van der Waals surface area contributed by atoms with Crippen LogP contribution in [0.15, 0.2) is 0 Å². The SMILES string of the molecule is CCSC(=S)N(CC)CC.O=C(O)C(=O)O. The highest BCUT2D eigenvalue weighted by Crippen LogP contribution is 2.07. The Kier molecular flexibility index (Phi) is 11.7. The van der Waals surface area contributed by atoms with Gasteiger partial charge in [-0.25, -0.2) is 9.59 Å². The van der Waals surface area contributed by atoms with Crippen LogP contribution in [-0.2, 0) is 9.59 Å². The first-order valence-corrected chi connectivity index (χ1v) is 6.17. The van der Waals surface area contributed by atoms with E-state index in [1.165, 1.54) is 0 Å². The fourth-order valence-electron chi connectivity index (χ4n) is 0.697. The van der Waals surface area contributed by atoms with E-state index in [1.807, 2.05) is 0 Å². The number of thiocarbonyl (C=S) groups is 1. The Morgan fingerprint density at radius 1 is 1.12 bits per heavy atom. The fourth-order valence-corrected chi connectivity index (χ4v) is 2.00. The first-order chi connectivity index (χ1) is 7.40. The molecule has 94 valence electrons. The van der Waals surface area contributed by atoms with Crippen molar-refractivity contribution in [2.45, 2.75) is 20.8 Å². The number of aliphatic carboxylic acids is 2. The van der Waals surface area contributed by atoms with Gasteiger partial charge in [-0.3, -0.25) is 0 Å². The van der Waals surface area contributed by atoms with Gasteiger partial charge in [0.2, 0.25) is 0 Å². The van der Waals surface area contributed by atoms with Crippen molar-refractivity contribution in [1.29, 1.82) is 0 Å². The van der Waals surface area contributed by atoms with E-state index >= 15 is 0 Å². The molecule has 16 heavy (non-hydrogen) atoms. The summed E-state index contributed by atoms with van der Waals surface area (Å²) in [6.45, 7) is 8.45. The molecule has 0 heterocycles. The van der Waals surface area contributed by atoms with Gasteiger partial charge in [0, 0.05) is 13.1 Å². The van der Waals surface area contributed by atoms with Crippen molar-refractivity contribution >= 4 is 40.2 Å². The summed E-state index contributed by atoms with van der Waals surface area (Å²) in [7, 11) is 0. The molecule has 0 unspecified atom stereocenters. The lowest BCUT2D eigenvalue weighted by atomic mass is 10.6. The van der Waals surface area contributed by atoms with Crippen LogP contribution in [0.3, 0.4) is 0 Å². The number of rotatable bonds is 3. The smallest absolute Gasteiger partial charge is 0.414 e. The molecule has 0 saturated heterocycles. The van der Waals surface area contributed by atoms with E-state index in [0.717, 1.165) is 23.2 Å². The van der Waals surface area contributed by atoms with Gasteiger partial charge in [-0.15, -0.1) is 0 Å². The highest BCUT2D eigenvalue weighted by Gasteiger charge is 2.04. The molecule has 0 aliphatic heterocycles. The van der Waals surface area contributed by atoms with Crippen LogP contribution in [0.4, 0.5) is 0 Å². The van der Waals surface area contributed by atoms with Gasteiger partial charge in [-0.05, 0) is 19.6 Å². The Morgan fingerprint density at radius 2 is 1.50 bits per heavy atom. The van der Waals surface area contributed by atoms with E-state index in [0.29, 0.717) is 0 Å². The van der Waals surface area contributed by atoms with E-state index in [2.05, 4.69) is 25.7 Å². The molecule has 0 aliphatic carbocycles. The lowest BCUT2D eigenvalue weighted by Crippen LogP contribution is -2.26. The van der Waals surface area contributed by atoms with Crippen molar-refractivity contribution in [3.8, 4) is 0 Å². The highest BCUT2D eigenvalue weighted by molar-refractivity contribution is 8.22. The molecule has 0 aromatic heterocycles. The summed E-state index contributed by atoms with van der Waals surface area (Å²) in [6.07, 6.45) is 0. The maximum absolute atomic E-state index is 9.10. The minimum absolute atomic E-state index is 1.03. The summed E-state index contributed by atoms with van der Waals surface area (Å²) < 4.78 is 1.03. The van der Waals surface area contributed by atoms with E-state index < -0.39 is 11.9 Å². The topological polar surface area (TPSA) is 77.8 Å². The maximum atomic E-state index is 9.10. The average Bonchev–Trinajstić information content (AvgIpc) is 2.20. The second-order valence-electron chi connectivity index (χ2n) is 2.48. The number of carboxylic acid groups (broad SMARTS) is 2. The van der Waals surface area contributed by atoms with Gasteiger partial charge in [-0.1, -0.05) is 30.9 Å². The molecule has 7 heteroatoms. The molecule has 0 amide bonds. The van der Waals surface area contributed by atoms with Crippen LogP contribution in [0, 0.1) is 0 Å². The Morgan fingerprint density at radius 3 is 1.69 bits per heavy atom. The molecule has 0 bridgehead atoms. The zero-order chi connectivity index (χ0) is 13.1. The normalized spacial score (nSPS) is 8.69. The molecular weight excluding hydrogens is 250 g/mol. The van der Waals surface area contributed by atoms with Crippen molar-refractivity contribution in [3.63, 3.8) is 0 Å². The number of nitrogens with zero attached hydrogens (tertiary/aromatic N) is 1. The van der Waals surface area contributed by atoms with Crippen LogP contribution < -0.4 is 0 Å². The van der Waals surface area contributed by atoms with Crippen LogP contribution in [0.1, 0.15) is 20.8 Å². The number of thioether (sulfide) groups is 1. The van der Waals surface area contributed by atoms with Gasteiger partial charge < -0.3 is 15.1 Å². The first-order valence-electron chi connectivity index (χ1n) is 4.78. The fraction of sp³-hybridized carbons (Fsp3) is 0.667. The first kappa shape index (κ1) is 17.6. The third-order valence-electron chi connectivity index (χ3n) is 1.47. The zero-order valence-electron chi connectivity index (χ0n) is 9.60. The quantitative estimate of drug-likeness (QED) is 0.593. The van der Waals surface area contributed by atoms with Crippen LogP contribution in [0.2, 0.25) is 0 Å². The van der Waals surface area contributed by atoms with Gasteiger partial charge in [0.1, 0.15) is 4.32 Å². The summed E-state index contributed by atoms with van der Waals surface area (Å²) in [5, 5.41) is 14.8. The predicted molar refractivity (Wildman–Crippen MR) is 68.9 cm³/mol. The molecule has 2 N–H and O–H groups in total. The number of carbonyl (C=O) groups is 2. The minimum Gasteiger partial charge on any atom is -0.473 e. The summed E-state index contributed by atoms with van der Waals surface area (Å²) in [5.41, 5.74) is 0. The molecular formula is C9H17NO4S2. The summed E-state index contributed by atoms with van der Waals surface area (Å²) in [5.74, 6) is -2.57. The van der Waals surface area contributed by atoms with Crippen molar-refractivity contribution in [1.82, 2.24) is 4.90 Å². The van der Waals surface area contributed by atoms with E-state index in [1.54, 1.807) is 11.8 Å². The van der Waals surface area contributed by atoms with E-state index in [4.69, 9.17) is 32.0 Å². The summed E-state index contributed by atoms with van der Waals surface area (Å²) >= 11 is 6.91. The Hall–Kier alpha value is -0.820. The van der Waals surface area contributed by atoms with Gasteiger partial charge in [0.15, 0.2) is 0 Å². The highest BCUT2D eigenvalue weighted by atomic mass is 32.2.